The van der Waals surface area contributed by atoms with Gasteiger partial charge in [0.25, 0.3) is 17.0 Å². The molecule has 15 nitrogen and oxygen atoms in total. The van der Waals surface area contributed by atoms with Crippen LogP contribution in [0.3, 0.4) is 0 Å². The molecule has 1 aromatic carbocycles. The van der Waals surface area contributed by atoms with Gasteiger partial charge in [0, 0.05) is 22.4 Å². The fourth-order valence-corrected chi connectivity index (χ4v) is 6.68. The Morgan fingerprint density at radius 1 is 1.32 bits per heavy atom. The summed E-state index contributed by atoms with van der Waals surface area (Å²) < 4.78 is 5.58. The number of anilines is 1. The summed E-state index contributed by atoms with van der Waals surface area (Å²) in [4.78, 5) is 48.0. The first kappa shape index (κ1) is 27.3. The van der Waals surface area contributed by atoms with Gasteiger partial charge in [-0.25, -0.2) is 9.78 Å². The molecule has 3 aromatic rings. The molecule has 0 unspecified atom stereocenters. The van der Waals surface area contributed by atoms with Gasteiger partial charge < -0.3 is 35.6 Å². The van der Waals surface area contributed by atoms with Gasteiger partial charge in [0.15, 0.2) is 22.3 Å². The number of hydrogen-bond acceptors (Lipinski definition) is 15. The number of β-lactam (4-membered cyclic amide) rings is 1. The molecule has 18 heteroatoms. The largest absolute Gasteiger partial charge is 0.504 e. The van der Waals surface area contributed by atoms with Gasteiger partial charge >= 0.3 is 5.97 Å². The number of fused-ring (bicyclic) bond motifs is 1. The van der Waals surface area contributed by atoms with Gasteiger partial charge in [0.2, 0.25) is 5.89 Å². The maximum Gasteiger partial charge on any atom is 0.352 e. The summed E-state index contributed by atoms with van der Waals surface area (Å²) in [5, 5.41) is 44.4. The molecule has 2 amide bonds. The van der Waals surface area contributed by atoms with E-state index < -0.39 is 29.2 Å². The van der Waals surface area contributed by atoms with Crippen LogP contribution in [-0.2, 0) is 19.2 Å². The molecule has 0 radical (unpaired) electrons. The minimum Gasteiger partial charge on any atom is -0.504 e. The molecule has 2 aliphatic heterocycles. The Hall–Kier alpha value is -4.29. The van der Waals surface area contributed by atoms with Gasteiger partial charge in [-0.1, -0.05) is 16.9 Å². The summed E-state index contributed by atoms with van der Waals surface area (Å²) in [6.07, 6.45) is 0. The number of rotatable bonds is 9. The molecule has 1 saturated heterocycles. The third-order valence-electron chi connectivity index (χ3n) is 5.70. The Labute approximate surface area is 237 Å². The molecule has 0 spiro atoms. The van der Waals surface area contributed by atoms with Crippen LogP contribution in [0.15, 0.2) is 49.6 Å². The van der Waals surface area contributed by atoms with Crippen LogP contribution in [0.25, 0.3) is 11.5 Å². The lowest BCUT2D eigenvalue weighted by Gasteiger charge is -2.49. The molecule has 2 aromatic heterocycles. The van der Waals surface area contributed by atoms with E-state index in [1.165, 1.54) is 42.5 Å². The number of nitrogens with two attached hydrogens (primary N) is 1. The molecule has 2 aliphatic rings. The van der Waals surface area contributed by atoms with Gasteiger partial charge in [-0.05, 0) is 23.8 Å². The van der Waals surface area contributed by atoms with Gasteiger partial charge in [-0.3, -0.25) is 14.5 Å². The Kier molecular flexibility index (Phi) is 7.55. The van der Waals surface area contributed by atoms with E-state index in [4.69, 9.17) is 15.0 Å². The Bertz CT molecular complexity index is 1570. The smallest absolute Gasteiger partial charge is 0.352 e. The van der Waals surface area contributed by atoms with Crippen molar-refractivity contribution in [1.82, 2.24) is 25.4 Å². The minimum atomic E-state index is -1.29. The minimum absolute atomic E-state index is 0.0940. The molecule has 5 rings (SSSR count). The number of oxime groups is 1. The highest BCUT2D eigenvalue weighted by atomic mass is 32.2. The number of aromatic nitrogens is 3. The van der Waals surface area contributed by atoms with Crippen LogP contribution in [0.2, 0.25) is 0 Å². The Morgan fingerprint density at radius 3 is 2.80 bits per heavy atom. The van der Waals surface area contributed by atoms with Crippen molar-refractivity contribution < 1.29 is 39.0 Å². The zero-order valence-corrected chi connectivity index (χ0v) is 22.7. The van der Waals surface area contributed by atoms with Gasteiger partial charge in [0.1, 0.15) is 29.9 Å². The first-order valence-electron chi connectivity index (χ1n) is 11.2. The van der Waals surface area contributed by atoms with Crippen molar-refractivity contribution in [2.45, 2.75) is 16.6 Å². The Balaban J connectivity index is 1.28. The number of carboxylic acids is 1. The normalized spacial score (nSPS) is 18.8. The SMILES string of the molecule is CON=C(C(=O)N[C@@H]1C(=O)N2C(C(=O)O)=C(CSc3nnc(-c4ccc(O)c(O)c4)o3)CS[C@@H]12)c1csc(N)n1. The van der Waals surface area contributed by atoms with Crippen LogP contribution in [0, 0.1) is 0 Å². The third kappa shape index (κ3) is 5.15. The van der Waals surface area contributed by atoms with E-state index in [-0.39, 0.29) is 56.4 Å². The summed E-state index contributed by atoms with van der Waals surface area (Å²) >= 11 is 3.48. The van der Waals surface area contributed by atoms with Gasteiger partial charge in [-0.15, -0.1) is 33.3 Å². The fraction of sp³-hybridized carbons (Fsp3) is 0.227. The maximum atomic E-state index is 13.0. The lowest BCUT2D eigenvalue weighted by atomic mass is 10.0. The number of amides is 2. The number of carboxylic acid groups (broad SMARTS) is 1. The third-order valence-corrected chi connectivity index (χ3v) is 8.62. The number of thioether (sulfide) groups is 2. The summed E-state index contributed by atoms with van der Waals surface area (Å²) in [6.45, 7) is 0. The molecule has 0 saturated carbocycles. The van der Waals surface area contributed by atoms with Crippen molar-refractivity contribution in [3.8, 4) is 23.0 Å². The van der Waals surface area contributed by atoms with Crippen molar-refractivity contribution >= 4 is 63.5 Å². The first-order chi connectivity index (χ1) is 19.2. The molecule has 40 heavy (non-hydrogen) atoms. The van der Waals surface area contributed by atoms with Gasteiger partial charge in [-0.2, -0.15) is 0 Å². The highest BCUT2D eigenvalue weighted by Gasteiger charge is 2.54. The number of carbonyl (C=O) groups excluding carboxylic acids is 2. The summed E-state index contributed by atoms with van der Waals surface area (Å²) in [5.41, 5.74) is 6.31. The predicted octanol–water partition coefficient (Wildman–Crippen LogP) is 1.07. The van der Waals surface area contributed by atoms with Crippen molar-refractivity contribution in [3.05, 3.63) is 40.5 Å². The van der Waals surface area contributed by atoms with Crippen LogP contribution in [0.1, 0.15) is 5.69 Å². The van der Waals surface area contributed by atoms with Crippen LogP contribution in [0.5, 0.6) is 11.5 Å². The van der Waals surface area contributed by atoms with E-state index in [1.807, 2.05) is 0 Å². The van der Waals surface area contributed by atoms with Crippen LogP contribution >= 0.6 is 34.9 Å². The maximum absolute atomic E-state index is 13.0. The van der Waals surface area contributed by atoms with Crippen molar-refractivity contribution in [2.24, 2.45) is 5.16 Å². The quantitative estimate of drug-likeness (QED) is 0.0756. The summed E-state index contributed by atoms with van der Waals surface area (Å²) in [5.74, 6) is -2.74. The van der Waals surface area contributed by atoms with E-state index in [9.17, 15) is 29.7 Å². The van der Waals surface area contributed by atoms with Crippen LogP contribution in [-0.4, -0.2) is 88.9 Å². The first-order valence-corrected chi connectivity index (χ1v) is 14.1. The molecule has 0 bridgehead atoms. The molecule has 1 fully saturated rings. The topological polar surface area (TPSA) is 227 Å². The molecule has 208 valence electrons. The number of nitrogen functional groups attached to an aromatic ring is 1. The monoisotopic (exact) mass is 605 g/mol. The number of carbonyl (C=O) groups is 3. The number of nitrogens with zero attached hydrogens (tertiary/aromatic N) is 5. The molecule has 6 N–H and O–H groups in total. The van der Waals surface area contributed by atoms with E-state index in [0.717, 1.165) is 28.0 Å². The second kappa shape index (κ2) is 11.1. The zero-order valence-electron chi connectivity index (χ0n) is 20.3. The number of aromatic hydroxyl groups is 2. The average molecular weight is 606 g/mol. The lowest BCUT2D eigenvalue weighted by Crippen LogP contribution is -2.71. The summed E-state index contributed by atoms with van der Waals surface area (Å²) in [7, 11) is 1.26. The molecular weight excluding hydrogens is 586 g/mol. The number of phenols is 2. The standard InChI is InChI=1S/C22H19N7O8S3/c1-36-28-13(10-7-39-21(23)24-10)16(32)25-14-18(33)29-15(20(34)35)9(5-38-19(14)29)6-40-22-27-26-17(37-22)8-2-3-11(30)12(31)4-8/h2-4,7,14,19,30-31H,5-6H2,1H3,(H2,23,24)(H,25,32)(H,34,35)/t14-,19+/m1/s1. The number of benzene rings is 1. The summed E-state index contributed by atoms with van der Waals surface area (Å²) in [6, 6.07) is 3.04. The highest BCUT2D eigenvalue weighted by molar-refractivity contribution is 8.01. The molecule has 2 atom stereocenters. The molecule has 4 heterocycles. The second-order valence-corrected chi connectivity index (χ2v) is 11.1. The van der Waals surface area contributed by atoms with Crippen LogP contribution < -0.4 is 11.1 Å². The van der Waals surface area contributed by atoms with E-state index in [1.54, 1.807) is 0 Å². The lowest BCUT2D eigenvalue weighted by molar-refractivity contribution is -0.150. The van der Waals surface area contributed by atoms with Crippen molar-refractivity contribution in [1.29, 1.82) is 0 Å². The van der Waals surface area contributed by atoms with Crippen molar-refractivity contribution in [2.75, 3.05) is 24.3 Å². The Morgan fingerprint density at radius 2 is 2.12 bits per heavy atom. The number of hydrogen-bond donors (Lipinski definition) is 5. The number of phenolic OH excluding ortho intramolecular Hbond substituents is 2. The fourth-order valence-electron chi connectivity index (χ4n) is 3.89. The van der Waals surface area contributed by atoms with E-state index in [2.05, 4.69) is 25.7 Å². The van der Waals surface area contributed by atoms with Gasteiger partial charge in [0.05, 0.1) is 0 Å². The molecular formula is C22H19N7O8S3. The zero-order chi connectivity index (χ0) is 28.6. The number of nitrogens with one attached hydrogen (secondary N) is 1. The number of aliphatic carboxylic acids is 1. The second-order valence-electron chi connectivity index (χ2n) is 8.18. The van der Waals surface area contributed by atoms with E-state index in [0.29, 0.717) is 11.1 Å². The van der Waals surface area contributed by atoms with Crippen LogP contribution in [0.4, 0.5) is 5.13 Å². The predicted molar refractivity (Wildman–Crippen MR) is 144 cm³/mol. The highest BCUT2D eigenvalue weighted by Crippen LogP contribution is 2.42. The number of thiazole rings is 1. The van der Waals surface area contributed by atoms with E-state index >= 15 is 0 Å². The average Bonchev–Trinajstić information content (AvgIpc) is 3.59. The molecule has 0 aliphatic carbocycles. The van der Waals surface area contributed by atoms with Crippen molar-refractivity contribution in [3.63, 3.8) is 0 Å².